The van der Waals surface area contributed by atoms with Gasteiger partial charge in [0, 0.05) is 39.7 Å². The molecule has 0 saturated carbocycles. The first-order valence-corrected chi connectivity index (χ1v) is 10.9. The number of para-hydroxylation sites is 1. The highest BCUT2D eigenvalue weighted by Gasteiger charge is 2.55. The first-order chi connectivity index (χ1) is 13.7. The summed E-state index contributed by atoms with van der Waals surface area (Å²) in [4.78, 5) is 19.5. The number of aromatic amines is 1. The number of aromatic nitrogens is 1. The molecule has 0 bridgehead atoms. The maximum atomic E-state index is 13.9. The van der Waals surface area contributed by atoms with Gasteiger partial charge in [0.05, 0.1) is 5.69 Å². The molecule has 5 heteroatoms. The SMILES string of the molecule is CCCCCN1C(=O)[C@@]2(NCCc3c2[nH]c2ccccc32)c2cc(Br)ccc21. The third kappa shape index (κ3) is 2.42. The molecule has 3 aromatic rings. The lowest BCUT2D eigenvalue weighted by Gasteiger charge is -2.34. The van der Waals surface area contributed by atoms with Crippen LogP contribution in [0.15, 0.2) is 46.9 Å². The standard InChI is InChI=1S/C23H24BrN3O/c1-2-3-6-13-27-20-10-9-15(24)14-18(20)23(22(27)28)21-17(11-12-25-23)16-7-4-5-8-19(16)26-21/h4-5,7-10,14,25-26H,2-3,6,11-13H2,1H3/t23-/m1/s1. The van der Waals surface area contributed by atoms with Gasteiger partial charge in [0.25, 0.3) is 5.91 Å². The van der Waals surface area contributed by atoms with E-state index in [-0.39, 0.29) is 5.91 Å². The Morgan fingerprint density at radius 1 is 1.18 bits per heavy atom. The Morgan fingerprint density at radius 2 is 2.04 bits per heavy atom. The van der Waals surface area contributed by atoms with E-state index >= 15 is 0 Å². The van der Waals surface area contributed by atoms with E-state index < -0.39 is 5.54 Å². The quantitative estimate of drug-likeness (QED) is 0.572. The molecule has 0 fully saturated rings. The van der Waals surface area contributed by atoms with Gasteiger partial charge >= 0.3 is 0 Å². The predicted octanol–water partition coefficient (Wildman–Crippen LogP) is 4.86. The van der Waals surface area contributed by atoms with Crippen molar-refractivity contribution in [3.8, 4) is 0 Å². The largest absolute Gasteiger partial charge is 0.356 e. The van der Waals surface area contributed by atoms with Gasteiger partial charge in [0.1, 0.15) is 0 Å². The summed E-state index contributed by atoms with van der Waals surface area (Å²) < 4.78 is 0.999. The van der Waals surface area contributed by atoms with Gasteiger partial charge in [0.2, 0.25) is 0 Å². The molecule has 2 aliphatic rings. The number of rotatable bonds is 4. The van der Waals surface area contributed by atoms with Crippen molar-refractivity contribution in [2.45, 2.75) is 38.1 Å². The number of carbonyl (C=O) groups is 1. The van der Waals surface area contributed by atoms with E-state index in [1.807, 2.05) is 17.0 Å². The second-order valence-electron chi connectivity index (χ2n) is 7.78. The number of nitrogens with zero attached hydrogens (tertiary/aromatic N) is 1. The zero-order chi connectivity index (χ0) is 19.3. The number of hydrogen-bond donors (Lipinski definition) is 2. The van der Waals surface area contributed by atoms with Crippen LogP contribution in [0.4, 0.5) is 5.69 Å². The maximum Gasteiger partial charge on any atom is 0.258 e. The van der Waals surface area contributed by atoms with Crippen LogP contribution in [-0.2, 0) is 16.8 Å². The lowest BCUT2D eigenvalue weighted by atomic mass is 9.82. The van der Waals surface area contributed by atoms with Crippen LogP contribution in [-0.4, -0.2) is 24.0 Å². The van der Waals surface area contributed by atoms with Gasteiger partial charge in [-0.25, -0.2) is 0 Å². The molecular formula is C23H24BrN3O. The van der Waals surface area contributed by atoms with Crippen molar-refractivity contribution in [2.24, 2.45) is 0 Å². The molecule has 4 nitrogen and oxygen atoms in total. The molecule has 3 heterocycles. The van der Waals surface area contributed by atoms with Crippen LogP contribution < -0.4 is 10.2 Å². The molecule has 1 amide bonds. The number of fused-ring (bicyclic) bond motifs is 6. The highest BCUT2D eigenvalue weighted by molar-refractivity contribution is 9.10. The Hall–Kier alpha value is -2.11. The smallest absolute Gasteiger partial charge is 0.258 e. The Labute approximate surface area is 173 Å². The molecule has 1 spiro atoms. The molecule has 0 saturated heterocycles. The number of benzene rings is 2. The van der Waals surface area contributed by atoms with E-state index in [9.17, 15) is 4.79 Å². The van der Waals surface area contributed by atoms with E-state index in [1.54, 1.807) is 0 Å². The molecule has 28 heavy (non-hydrogen) atoms. The average Bonchev–Trinajstić information content (AvgIpc) is 3.19. The van der Waals surface area contributed by atoms with Crippen LogP contribution in [0.25, 0.3) is 10.9 Å². The van der Waals surface area contributed by atoms with Crippen molar-refractivity contribution in [1.82, 2.24) is 10.3 Å². The van der Waals surface area contributed by atoms with Crippen molar-refractivity contribution < 1.29 is 4.79 Å². The molecule has 0 aliphatic carbocycles. The fourth-order valence-corrected chi connectivity index (χ4v) is 5.23. The maximum absolute atomic E-state index is 13.9. The van der Waals surface area contributed by atoms with E-state index in [0.29, 0.717) is 0 Å². The lowest BCUT2D eigenvalue weighted by molar-refractivity contribution is -0.123. The fraction of sp³-hybridized carbons (Fsp3) is 0.348. The van der Waals surface area contributed by atoms with E-state index in [0.717, 1.165) is 65.7 Å². The van der Waals surface area contributed by atoms with Gasteiger partial charge in [0.15, 0.2) is 5.54 Å². The van der Waals surface area contributed by atoms with Crippen molar-refractivity contribution in [3.05, 3.63) is 63.8 Å². The number of H-pyrrole nitrogens is 1. The lowest BCUT2D eigenvalue weighted by Crippen LogP contribution is -2.55. The van der Waals surface area contributed by atoms with E-state index in [4.69, 9.17) is 0 Å². The van der Waals surface area contributed by atoms with Crippen molar-refractivity contribution in [2.75, 3.05) is 18.0 Å². The average molecular weight is 438 g/mol. The molecule has 0 unspecified atom stereocenters. The first kappa shape index (κ1) is 18.0. The van der Waals surface area contributed by atoms with Crippen molar-refractivity contribution in [3.63, 3.8) is 0 Å². The molecular weight excluding hydrogens is 414 g/mol. The van der Waals surface area contributed by atoms with Crippen LogP contribution in [0.3, 0.4) is 0 Å². The molecule has 0 radical (unpaired) electrons. The molecule has 2 N–H and O–H groups in total. The highest BCUT2D eigenvalue weighted by atomic mass is 79.9. The molecule has 2 aromatic carbocycles. The van der Waals surface area contributed by atoms with Crippen LogP contribution in [0.1, 0.15) is 43.0 Å². The van der Waals surface area contributed by atoms with Crippen molar-refractivity contribution in [1.29, 1.82) is 0 Å². The number of amides is 1. The summed E-state index contributed by atoms with van der Waals surface area (Å²) in [5.41, 5.74) is 4.65. The summed E-state index contributed by atoms with van der Waals surface area (Å²) in [7, 11) is 0. The number of unbranched alkanes of at least 4 members (excludes halogenated alkanes) is 2. The monoisotopic (exact) mass is 437 g/mol. The minimum absolute atomic E-state index is 0.143. The third-order valence-electron chi connectivity index (χ3n) is 6.16. The fourth-order valence-electron chi connectivity index (χ4n) is 4.87. The van der Waals surface area contributed by atoms with E-state index in [2.05, 4.69) is 63.5 Å². The van der Waals surface area contributed by atoms with Crippen LogP contribution in [0.5, 0.6) is 0 Å². The second kappa shape index (κ2) is 6.75. The highest BCUT2D eigenvalue weighted by Crippen LogP contribution is 2.48. The first-order valence-electron chi connectivity index (χ1n) is 10.1. The summed E-state index contributed by atoms with van der Waals surface area (Å²) in [6, 6.07) is 14.6. The minimum Gasteiger partial charge on any atom is -0.356 e. The van der Waals surface area contributed by atoms with E-state index in [1.165, 1.54) is 10.9 Å². The van der Waals surface area contributed by atoms with Crippen LogP contribution in [0.2, 0.25) is 0 Å². The molecule has 1 aromatic heterocycles. The Kier molecular flexibility index (Phi) is 4.33. The minimum atomic E-state index is -0.821. The summed E-state index contributed by atoms with van der Waals surface area (Å²) >= 11 is 3.63. The summed E-state index contributed by atoms with van der Waals surface area (Å²) in [6.07, 6.45) is 4.22. The number of anilines is 1. The predicted molar refractivity (Wildman–Crippen MR) is 117 cm³/mol. The van der Waals surface area contributed by atoms with Gasteiger partial charge in [-0.3, -0.25) is 10.1 Å². The Morgan fingerprint density at radius 3 is 2.89 bits per heavy atom. The molecule has 144 valence electrons. The summed E-state index contributed by atoms with van der Waals surface area (Å²) in [5.74, 6) is 0.143. The van der Waals surface area contributed by atoms with Crippen LogP contribution in [0, 0.1) is 0 Å². The Balaban J connectivity index is 1.72. The van der Waals surface area contributed by atoms with Gasteiger partial charge in [-0.1, -0.05) is 53.9 Å². The van der Waals surface area contributed by atoms with Crippen LogP contribution >= 0.6 is 15.9 Å². The number of hydrogen-bond acceptors (Lipinski definition) is 2. The number of halogens is 1. The van der Waals surface area contributed by atoms with Gasteiger partial charge < -0.3 is 9.88 Å². The summed E-state index contributed by atoms with van der Waals surface area (Å²) in [5, 5.41) is 4.85. The van der Waals surface area contributed by atoms with Gasteiger partial charge in [-0.05, 0) is 42.7 Å². The van der Waals surface area contributed by atoms with Crippen molar-refractivity contribution >= 4 is 38.4 Å². The van der Waals surface area contributed by atoms with Gasteiger partial charge in [-0.15, -0.1) is 0 Å². The third-order valence-corrected chi connectivity index (χ3v) is 6.65. The Bertz CT molecular complexity index is 1070. The normalized spacial score (nSPS) is 20.8. The zero-order valence-electron chi connectivity index (χ0n) is 16.0. The number of nitrogens with one attached hydrogen (secondary N) is 2. The molecule has 2 aliphatic heterocycles. The molecule has 1 atom stereocenters. The topological polar surface area (TPSA) is 48.1 Å². The van der Waals surface area contributed by atoms with Gasteiger partial charge in [-0.2, -0.15) is 0 Å². The zero-order valence-corrected chi connectivity index (χ0v) is 17.6. The number of carbonyl (C=O) groups excluding carboxylic acids is 1. The summed E-state index contributed by atoms with van der Waals surface area (Å²) in [6.45, 7) is 3.74. The molecule has 5 rings (SSSR count). The second-order valence-corrected chi connectivity index (χ2v) is 8.69.